The van der Waals surface area contributed by atoms with Crippen LogP contribution in [0.5, 0.6) is 11.5 Å². The first-order valence-corrected chi connectivity index (χ1v) is 10.8. The number of amides is 1. The lowest BCUT2D eigenvalue weighted by molar-refractivity contribution is -0.123. The van der Waals surface area contributed by atoms with E-state index in [1.807, 2.05) is 43.4 Å². The smallest absolute Gasteiger partial charge is 0.224 e. The first-order valence-electron chi connectivity index (χ1n) is 12.3. The van der Waals surface area contributed by atoms with Crippen molar-refractivity contribution in [2.75, 3.05) is 52.3 Å². The summed E-state index contributed by atoms with van der Waals surface area (Å²) in [5.41, 5.74) is 3.21. The van der Waals surface area contributed by atoms with Crippen molar-refractivity contribution in [2.24, 2.45) is 5.92 Å². The number of fused-ring (bicyclic) bond motifs is 1. The summed E-state index contributed by atoms with van der Waals surface area (Å²) in [5.74, 6) is 0.949. The van der Waals surface area contributed by atoms with Crippen LogP contribution in [0.1, 0.15) is 10.5 Å². The number of hydrogen-bond donors (Lipinski definition) is 2. The highest BCUT2D eigenvalue weighted by molar-refractivity contribution is 5.95. The van der Waals surface area contributed by atoms with E-state index in [0.717, 1.165) is 47.6 Å². The fourth-order valence-corrected chi connectivity index (χ4v) is 4.05. The van der Waals surface area contributed by atoms with Crippen LogP contribution in [0.3, 0.4) is 0 Å². The normalized spacial score (nSPS) is 17.5. The number of carbonyl (C=O) groups is 1. The highest BCUT2D eigenvalue weighted by atomic mass is 16.5. The Morgan fingerprint density at radius 2 is 2.00 bits per heavy atom. The zero-order valence-electron chi connectivity index (χ0n) is 21.4. The molecule has 1 aliphatic rings. The average Bonchev–Trinajstić information content (AvgIpc) is 3.32. The van der Waals surface area contributed by atoms with Crippen molar-refractivity contribution in [1.29, 1.82) is 0 Å². The van der Waals surface area contributed by atoms with Crippen molar-refractivity contribution < 1.29 is 18.4 Å². The van der Waals surface area contributed by atoms with Crippen molar-refractivity contribution in [1.82, 2.24) is 15.6 Å². The summed E-state index contributed by atoms with van der Waals surface area (Å²) in [6, 6.07) is 14.9. The van der Waals surface area contributed by atoms with Crippen LogP contribution in [0.25, 0.3) is 22.2 Å². The monoisotopic (exact) mass is 437 g/mol. The van der Waals surface area contributed by atoms with Gasteiger partial charge in [-0.25, -0.2) is 4.98 Å². The fraction of sp³-hybridized carbons (Fsp3) is 0.360. The number of aromatic nitrogens is 1. The molecule has 32 heavy (non-hydrogen) atoms. The number of nitrogens with zero attached hydrogens (tertiary/aromatic N) is 2. The molecular weight excluding hydrogens is 404 g/mol. The lowest BCUT2D eigenvalue weighted by atomic mass is 10.1. The highest BCUT2D eigenvalue weighted by Gasteiger charge is 2.29. The lowest BCUT2D eigenvalue weighted by Crippen LogP contribution is -2.30. The number of rotatable bonds is 8. The maximum atomic E-state index is 12.2. The van der Waals surface area contributed by atoms with E-state index in [4.69, 9.17) is 18.6 Å². The predicted molar refractivity (Wildman–Crippen MR) is 128 cm³/mol. The van der Waals surface area contributed by atoms with Gasteiger partial charge in [0.1, 0.15) is 18.1 Å². The summed E-state index contributed by atoms with van der Waals surface area (Å²) in [6.07, 6.45) is 0.762. The molecule has 0 aliphatic carbocycles. The molecule has 1 unspecified atom stereocenters. The Labute approximate surface area is 192 Å². The van der Waals surface area contributed by atoms with Crippen LogP contribution in [0, 0.1) is 5.92 Å². The Hall–Kier alpha value is -3.32. The number of nitrogens with one attached hydrogen (secondary N) is 2. The molecular formula is C25H30N4O3. The zero-order chi connectivity index (χ0) is 25.0. The molecule has 1 aliphatic heterocycles. The molecule has 1 saturated heterocycles. The van der Waals surface area contributed by atoms with Crippen LogP contribution in [-0.4, -0.2) is 58.3 Å². The molecule has 2 aromatic carbocycles. The molecule has 0 radical (unpaired) electrons. The summed E-state index contributed by atoms with van der Waals surface area (Å²) >= 11 is 0. The molecule has 168 valence electrons. The second-order valence-corrected chi connectivity index (χ2v) is 7.83. The number of carbonyl (C=O) groups excluding carboxylic acids is 1. The third-order valence-corrected chi connectivity index (χ3v) is 5.79. The molecule has 0 spiro atoms. The minimum atomic E-state index is -2.55. The number of anilines is 1. The minimum Gasteiger partial charge on any atom is -0.497 e. The van der Waals surface area contributed by atoms with Crippen LogP contribution in [0.4, 0.5) is 5.69 Å². The summed E-state index contributed by atoms with van der Waals surface area (Å²) in [7, 11) is 0.984. The van der Waals surface area contributed by atoms with Crippen molar-refractivity contribution in [3.8, 4) is 22.8 Å². The second kappa shape index (κ2) is 9.87. The Morgan fingerprint density at radius 3 is 2.75 bits per heavy atom. The molecule has 1 atom stereocenters. The lowest BCUT2D eigenvalue weighted by Gasteiger charge is -2.22. The van der Waals surface area contributed by atoms with E-state index in [1.54, 1.807) is 19.2 Å². The Morgan fingerprint density at radius 1 is 1.19 bits per heavy atom. The Kier molecular flexibility index (Phi) is 5.64. The number of methoxy groups -OCH3 is 1. The third kappa shape index (κ3) is 4.62. The van der Waals surface area contributed by atoms with Gasteiger partial charge in [-0.15, -0.1) is 0 Å². The van der Waals surface area contributed by atoms with Gasteiger partial charge < -0.3 is 25.0 Å². The predicted octanol–water partition coefficient (Wildman–Crippen LogP) is 3.08. The topological polar surface area (TPSA) is 75.7 Å². The van der Waals surface area contributed by atoms with Gasteiger partial charge in [-0.05, 0) is 55.9 Å². The minimum absolute atomic E-state index is 0.0355. The van der Waals surface area contributed by atoms with Crippen LogP contribution in [0.2, 0.25) is 0 Å². The summed E-state index contributed by atoms with van der Waals surface area (Å²) < 4.78 is 33.1. The number of likely N-dealkylation sites (N-methyl/N-ethyl adjacent to an activating group) is 1. The molecule has 0 bridgehead atoms. The molecule has 1 aromatic heterocycles. The van der Waals surface area contributed by atoms with Crippen LogP contribution in [0.15, 0.2) is 48.5 Å². The molecule has 4 rings (SSSR count). The van der Waals surface area contributed by atoms with Crippen molar-refractivity contribution >= 4 is 22.5 Å². The molecule has 3 aromatic rings. The Balaban J connectivity index is 1.72. The number of benzene rings is 2. The van der Waals surface area contributed by atoms with Gasteiger partial charge in [0.05, 0.1) is 28.3 Å². The first kappa shape index (κ1) is 18.3. The molecule has 7 heteroatoms. The zero-order valence-corrected chi connectivity index (χ0v) is 18.4. The van der Waals surface area contributed by atoms with Gasteiger partial charge in [0, 0.05) is 49.4 Å². The van der Waals surface area contributed by atoms with E-state index in [-0.39, 0.29) is 17.6 Å². The number of hydrogen-bond acceptors (Lipinski definition) is 6. The van der Waals surface area contributed by atoms with E-state index in [2.05, 4.69) is 15.5 Å². The van der Waals surface area contributed by atoms with Gasteiger partial charge in [-0.3, -0.25) is 4.79 Å². The standard InChI is InChI=1S/C25H30N4O3/c1-26-11-13-32-19-6-4-17(5-7-19)22-15-24(29-12-10-18(16-29)25(30)27-2)21-9-8-20(31-3)14-23(21)28-22/h4-9,14-15,18,26H,10-13,16H2,1-3H3,(H,27,30)/i3D3. The van der Waals surface area contributed by atoms with E-state index >= 15 is 0 Å². The number of pyridine rings is 1. The van der Waals surface area contributed by atoms with E-state index in [9.17, 15) is 4.79 Å². The van der Waals surface area contributed by atoms with Gasteiger partial charge in [-0.2, -0.15) is 0 Å². The first-order chi connectivity index (χ1) is 16.8. The van der Waals surface area contributed by atoms with E-state index in [1.165, 1.54) is 0 Å². The van der Waals surface area contributed by atoms with Crippen LogP contribution >= 0.6 is 0 Å². The van der Waals surface area contributed by atoms with Gasteiger partial charge in [0.15, 0.2) is 0 Å². The molecule has 1 fully saturated rings. The quantitative estimate of drug-likeness (QED) is 0.528. The SMILES string of the molecule is [2H]C([2H])([2H])Oc1ccc2c(N3CCC(C(=O)NC)C3)cc(-c3ccc(OCCNC)cc3)nc2c1. The van der Waals surface area contributed by atoms with Gasteiger partial charge in [0.25, 0.3) is 0 Å². The number of ether oxygens (including phenoxy) is 2. The molecule has 2 heterocycles. The molecule has 0 saturated carbocycles. The Bertz CT molecular complexity index is 1190. The van der Waals surface area contributed by atoms with Gasteiger partial charge in [-0.1, -0.05) is 0 Å². The second-order valence-electron chi connectivity index (χ2n) is 7.83. The summed E-state index contributed by atoms with van der Waals surface area (Å²) in [6.45, 7) is 2.67. The molecule has 1 amide bonds. The summed E-state index contributed by atoms with van der Waals surface area (Å²) in [4.78, 5) is 19.2. The summed E-state index contributed by atoms with van der Waals surface area (Å²) in [5, 5.41) is 6.66. The van der Waals surface area contributed by atoms with E-state index < -0.39 is 7.04 Å². The van der Waals surface area contributed by atoms with E-state index in [0.29, 0.717) is 18.7 Å². The van der Waals surface area contributed by atoms with Gasteiger partial charge >= 0.3 is 0 Å². The largest absolute Gasteiger partial charge is 0.497 e. The van der Waals surface area contributed by atoms with Crippen molar-refractivity contribution in [3.05, 3.63) is 48.5 Å². The van der Waals surface area contributed by atoms with Crippen molar-refractivity contribution in [2.45, 2.75) is 6.42 Å². The fourth-order valence-electron chi connectivity index (χ4n) is 4.05. The third-order valence-electron chi connectivity index (χ3n) is 5.79. The maximum absolute atomic E-state index is 12.2. The maximum Gasteiger partial charge on any atom is 0.224 e. The van der Waals surface area contributed by atoms with Crippen LogP contribution < -0.4 is 25.0 Å². The van der Waals surface area contributed by atoms with Crippen LogP contribution in [-0.2, 0) is 4.79 Å². The molecule has 7 nitrogen and oxygen atoms in total. The van der Waals surface area contributed by atoms with Gasteiger partial charge in [0.2, 0.25) is 5.91 Å². The van der Waals surface area contributed by atoms with Crippen molar-refractivity contribution in [3.63, 3.8) is 0 Å². The molecule has 2 N–H and O–H groups in total. The highest BCUT2D eigenvalue weighted by Crippen LogP contribution is 2.35. The average molecular weight is 438 g/mol.